The third-order valence-electron chi connectivity index (χ3n) is 3.23. The molecule has 0 radical (unpaired) electrons. The maximum absolute atomic E-state index is 11.5. The number of esters is 1. The van der Waals surface area contributed by atoms with Crippen LogP contribution in [0.25, 0.3) is 0 Å². The molecule has 2 unspecified atom stereocenters. The van der Waals surface area contributed by atoms with Crippen molar-refractivity contribution in [3.05, 3.63) is 29.8 Å². The zero-order valence-electron chi connectivity index (χ0n) is 11.5. The van der Waals surface area contributed by atoms with Crippen molar-refractivity contribution >= 4 is 5.97 Å². The normalized spacial score (nSPS) is 18.5. The molecule has 0 aliphatic carbocycles. The fraction of sp³-hybridized carbons (Fsp3) is 0.533. The lowest BCUT2D eigenvalue weighted by Crippen LogP contribution is -2.35. The minimum absolute atomic E-state index is 0.122. The van der Waals surface area contributed by atoms with Crippen molar-refractivity contribution in [3.8, 4) is 5.75 Å². The number of hydrogen-bond acceptors (Lipinski definition) is 4. The van der Waals surface area contributed by atoms with Gasteiger partial charge in [0, 0.05) is 19.5 Å². The van der Waals surface area contributed by atoms with E-state index < -0.39 is 0 Å². The van der Waals surface area contributed by atoms with Crippen LogP contribution in [0.5, 0.6) is 5.75 Å². The van der Waals surface area contributed by atoms with E-state index in [2.05, 4.69) is 11.4 Å². The van der Waals surface area contributed by atoms with Crippen molar-refractivity contribution in [2.45, 2.75) is 26.4 Å². The molecule has 2 atom stereocenters. The fourth-order valence-electron chi connectivity index (χ4n) is 2.20. The first-order chi connectivity index (χ1) is 9.20. The highest BCUT2D eigenvalue weighted by Crippen LogP contribution is 2.27. The summed E-state index contributed by atoms with van der Waals surface area (Å²) in [5, 5.41) is 3.28. The van der Waals surface area contributed by atoms with Gasteiger partial charge in [0.05, 0.1) is 12.5 Å². The summed E-state index contributed by atoms with van der Waals surface area (Å²) in [5.41, 5.74) is 1.26. The largest absolute Gasteiger partial charge is 0.488 e. The maximum Gasteiger partial charge on any atom is 0.309 e. The van der Waals surface area contributed by atoms with Crippen molar-refractivity contribution in [3.63, 3.8) is 0 Å². The van der Waals surface area contributed by atoms with Gasteiger partial charge in [0.2, 0.25) is 0 Å². The smallest absolute Gasteiger partial charge is 0.309 e. The Morgan fingerprint density at radius 2 is 2.32 bits per heavy atom. The highest BCUT2D eigenvalue weighted by atomic mass is 16.5. The lowest BCUT2D eigenvalue weighted by Gasteiger charge is -2.14. The molecule has 1 aliphatic rings. The van der Waals surface area contributed by atoms with Gasteiger partial charge in [0.25, 0.3) is 0 Å². The molecular weight excluding hydrogens is 242 g/mol. The average molecular weight is 263 g/mol. The molecule has 1 heterocycles. The maximum atomic E-state index is 11.5. The second-order valence-corrected chi connectivity index (χ2v) is 4.86. The topological polar surface area (TPSA) is 47.6 Å². The number of benzene rings is 1. The average Bonchev–Trinajstić information content (AvgIpc) is 2.81. The third kappa shape index (κ3) is 3.70. The Morgan fingerprint density at radius 1 is 1.53 bits per heavy atom. The Balaban J connectivity index is 1.69. The highest BCUT2D eigenvalue weighted by Gasteiger charge is 2.22. The van der Waals surface area contributed by atoms with Crippen LogP contribution in [-0.2, 0) is 16.0 Å². The van der Waals surface area contributed by atoms with Gasteiger partial charge in [-0.1, -0.05) is 25.1 Å². The number of fused-ring (bicyclic) bond motifs is 1. The number of nitrogens with one attached hydrogen (secondary N) is 1. The molecule has 0 saturated carbocycles. The molecule has 19 heavy (non-hydrogen) atoms. The molecule has 4 heteroatoms. The Kier molecular flexibility index (Phi) is 4.80. The lowest BCUT2D eigenvalue weighted by molar-refractivity contribution is -0.147. The second kappa shape index (κ2) is 6.57. The molecule has 1 N–H and O–H groups in total. The molecule has 1 aromatic rings. The molecule has 0 aromatic heterocycles. The molecule has 104 valence electrons. The minimum Gasteiger partial charge on any atom is -0.488 e. The zero-order valence-corrected chi connectivity index (χ0v) is 11.5. The van der Waals surface area contributed by atoms with Crippen molar-refractivity contribution in [2.24, 2.45) is 5.92 Å². The minimum atomic E-state index is -0.148. The SMILES string of the molecule is CCOC(=O)C(C)CNCC1Cc2ccccc2O1. The van der Waals surface area contributed by atoms with Crippen LogP contribution >= 0.6 is 0 Å². The van der Waals surface area contributed by atoms with E-state index in [0.29, 0.717) is 13.2 Å². The first kappa shape index (κ1) is 13.9. The van der Waals surface area contributed by atoms with Crippen LogP contribution in [0, 0.1) is 5.92 Å². The number of rotatable bonds is 6. The van der Waals surface area contributed by atoms with Crippen LogP contribution in [0.2, 0.25) is 0 Å². The number of hydrogen-bond donors (Lipinski definition) is 1. The number of ether oxygens (including phenoxy) is 2. The lowest BCUT2D eigenvalue weighted by atomic mass is 10.1. The van der Waals surface area contributed by atoms with E-state index in [1.165, 1.54) is 5.56 Å². The van der Waals surface area contributed by atoms with Crippen LogP contribution in [0.15, 0.2) is 24.3 Å². The van der Waals surface area contributed by atoms with Gasteiger partial charge in [-0.3, -0.25) is 4.79 Å². The molecule has 0 spiro atoms. The van der Waals surface area contributed by atoms with Gasteiger partial charge in [-0.05, 0) is 18.6 Å². The standard InChI is InChI=1S/C15H21NO3/c1-3-18-15(17)11(2)9-16-10-13-8-12-6-4-5-7-14(12)19-13/h4-7,11,13,16H,3,8-10H2,1-2H3. The van der Waals surface area contributed by atoms with Gasteiger partial charge < -0.3 is 14.8 Å². The van der Waals surface area contributed by atoms with E-state index in [0.717, 1.165) is 18.7 Å². The van der Waals surface area contributed by atoms with Gasteiger partial charge in [0.15, 0.2) is 0 Å². The van der Waals surface area contributed by atoms with Gasteiger partial charge in [-0.25, -0.2) is 0 Å². The summed E-state index contributed by atoms with van der Waals surface area (Å²) in [6.07, 6.45) is 1.09. The second-order valence-electron chi connectivity index (χ2n) is 4.86. The summed E-state index contributed by atoms with van der Waals surface area (Å²) in [6.45, 7) is 5.49. The summed E-state index contributed by atoms with van der Waals surface area (Å²) in [4.78, 5) is 11.5. The molecule has 0 amide bonds. The highest BCUT2D eigenvalue weighted by molar-refractivity contribution is 5.72. The van der Waals surface area contributed by atoms with Gasteiger partial charge in [0.1, 0.15) is 11.9 Å². The number of carbonyl (C=O) groups excluding carboxylic acids is 1. The van der Waals surface area contributed by atoms with Gasteiger partial charge in [-0.15, -0.1) is 0 Å². The molecule has 1 aliphatic heterocycles. The summed E-state index contributed by atoms with van der Waals surface area (Å²) < 4.78 is 10.8. The van der Waals surface area contributed by atoms with E-state index in [1.54, 1.807) is 0 Å². The molecule has 0 fully saturated rings. The van der Waals surface area contributed by atoms with Gasteiger partial charge >= 0.3 is 5.97 Å². The van der Waals surface area contributed by atoms with Crippen LogP contribution in [-0.4, -0.2) is 31.8 Å². The Labute approximate surface area is 114 Å². The fourth-order valence-corrected chi connectivity index (χ4v) is 2.20. The molecule has 0 saturated heterocycles. The summed E-state index contributed by atoms with van der Waals surface area (Å²) in [7, 11) is 0. The van der Waals surface area contributed by atoms with Crippen molar-refractivity contribution in [1.29, 1.82) is 0 Å². The first-order valence-electron chi connectivity index (χ1n) is 6.82. The van der Waals surface area contributed by atoms with Crippen molar-refractivity contribution < 1.29 is 14.3 Å². The van der Waals surface area contributed by atoms with Crippen LogP contribution < -0.4 is 10.1 Å². The molecule has 1 aromatic carbocycles. The number of carbonyl (C=O) groups is 1. The summed E-state index contributed by atoms with van der Waals surface area (Å²) >= 11 is 0. The summed E-state index contributed by atoms with van der Waals surface area (Å²) in [6, 6.07) is 8.10. The van der Waals surface area contributed by atoms with Crippen molar-refractivity contribution in [2.75, 3.05) is 19.7 Å². The Hall–Kier alpha value is -1.55. The summed E-state index contributed by atoms with van der Waals surface area (Å²) in [5.74, 6) is 0.710. The van der Waals surface area contributed by atoms with Crippen LogP contribution in [0.1, 0.15) is 19.4 Å². The van der Waals surface area contributed by atoms with E-state index >= 15 is 0 Å². The van der Waals surface area contributed by atoms with Crippen LogP contribution in [0.4, 0.5) is 0 Å². The predicted molar refractivity (Wildman–Crippen MR) is 73.2 cm³/mol. The quantitative estimate of drug-likeness (QED) is 0.795. The molecule has 2 rings (SSSR count). The third-order valence-corrected chi connectivity index (χ3v) is 3.23. The van der Waals surface area contributed by atoms with Crippen molar-refractivity contribution in [1.82, 2.24) is 5.32 Å². The van der Waals surface area contributed by atoms with E-state index in [4.69, 9.17) is 9.47 Å². The molecular formula is C15H21NO3. The monoisotopic (exact) mass is 263 g/mol. The molecule has 0 bridgehead atoms. The Bertz CT molecular complexity index is 408. The first-order valence-corrected chi connectivity index (χ1v) is 6.82. The van der Waals surface area contributed by atoms with Gasteiger partial charge in [-0.2, -0.15) is 0 Å². The predicted octanol–water partition coefficient (Wildman–Crippen LogP) is 1.78. The Morgan fingerprint density at radius 3 is 3.05 bits per heavy atom. The van der Waals surface area contributed by atoms with E-state index in [-0.39, 0.29) is 18.0 Å². The van der Waals surface area contributed by atoms with E-state index in [9.17, 15) is 4.79 Å². The number of para-hydroxylation sites is 1. The zero-order chi connectivity index (χ0) is 13.7. The van der Waals surface area contributed by atoms with E-state index in [1.807, 2.05) is 32.0 Å². The molecule has 4 nitrogen and oxygen atoms in total. The van der Waals surface area contributed by atoms with Crippen LogP contribution in [0.3, 0.4) is 0 Å².